The second-order valence-electron chi connectivity index (χ2n) is 4.70. The van der Waals surface area contributed by atoms with Gasteiger partial charge >= 0.3 is 0 Å². The van der Waals surface area contributed by atoms with E-state index in [1.165, 1.54) is 0 Å². The fourth-order valence-corrected chi connectivity index (χ4v) is 2.14. The predicted octanol–water partition coefficient (Wildman–Crippen LogP) is 2.69. The number of hydrogen-bond donors (Lipinski definition) is 2. The molecule has 100 valence electrons. The fraction of sp³-hybridized carbons (Fsp3) is 0.333. The monoisotopic (exact) mass is 257 g/mol. The second-order valence-corrected chi connectivity index (χ2v) is 4.70. The molecule has 1 aromatic carbocycles. The van der Waals surface area contributed by atoms with E-state index in [0.717, 1.165) is 29.3 Å². The zero-order valence-corrected chi connectivity index (χ0v) is 11.1. The molecule has 2 rings (SSSR count). The molecule has 0 saturated heterocycles. The van der Waals surface area contributed by atoms with Crippen LogP contribution in [-0.4, -0.2) is 16.9 Å². The molecule has 0 radical (unpaired) electrons. The largest absolute Gasteiger partial charge is 0.327 e. The van der Waals surface area contributed by atoms with E-state index in [-0.39, 0.29) is 11.9 Å². The first kappa shape index (κ1) is 13.5. The lowest BCUT2D eigenvalue weighted by Gasteiger charge is -2.12. The molecule has 0 spiro atoms. The number of benzene rings is 1. The van der Waals surface area contributed by atoms with Crippen LogP contribution in [0.5, 0.6) is 0 Å². The van der Waals surface area contributed by atoms with Crippen molar-refractivity contribution in [2.75, 3.05) is 5.32 Å². The third kappa shape index (κ3) is 3.51. The lowest BCUT2D eigenvalue weighted by atomic mass is 10.1. The highest BCUT2D eigenvalue weighted by Crippen LogP contribution is 2.22. The number of nitrogens with two attached hydrogens (primary N) is 1. The Bertz CT molecular complexity index is 563. The van der Waals surface area contributed by atoms with E-state index < -0.39 is 0 Å². The van der Waals surface area contributed by atoms with Crippen molar-refractivity contribution in [3.05, 3.63) is 36.7 Å². The van der Waals surface area contributed by atoms with Crippen LogP contribution >= 0.6 is 0 Å². The number of fused-ring (bicyclic) bond motifs is 1. The smallest absolute Gasteiger partial charge is 0.225 e. The highest BCUT2D eigenvalue weighted by molar-refractivity contribution is 6.01. The minimum atomic E-state index is -0.0679. The number of anilines is 1. The topological polar surface area (TPSA) is 68.0 Å². The SMILES string of the molecule is CCCC(N)CC(=O)Nc1cccc2cnccc12. The average Bonchev–Trinajstić information content (AvgIpc) is 2.39. The summed E-state index contributed by atoms with van der Waals surface area (Å²) in [5, 5.41) is 4.93. The number of hydrogen-bond acceptors (Lipinski definition) is 3. The highest BCUT2D eigenvalue weighted by Gasteiger charge is 2.10. The Kier molecular flexibility index (Phi) is 4.47. The maximum atomic E-state index is 11.9. The van der Waals surface area contributed by atoms with Gasteiger partial charge in [-0.15, -0.1) is 0 Å². The second kappa shape index (κ2) is 6.29. The molecule has 0 aliphatic heterocycles. The Morgan fingerprint density at radius 3 is 3.05 bits per heavy atom. The molecule has 1 aromatic heterocycles. The molecule has 4 heteroatoms. The van der Waals surface area contributed by atoms with Crippen molar-refractivity contribution in [2.24, 2.45) is 5.73 Å². The van der Waals surface area contributed by atoms with Crippen LogP contribution in [-0.2, 0) is 4.79 Å². The molecule has 0 aliphatic carbocycles. The van der Waals surface area contributed by atoms with Crippen molar-refractivity contribution >= 4 is 22.4 Å². The molecule has 0 bridgehead atoms. The van der Waals surface area contributed by atoms with Crippen LogP contribution in [0.3, 0.4) is 0 Å². The van der Waals surface area contributed by atoms with E-state index in [9.17, 15) is 4.79 Å². The van der Waals surface area contributed by atoms with E-state index >= 15 is 0 Å². The van der Waals surface area contributed by atoms with E-state index in [1.807, 2.05) is 24.3 Å². The van der Waals surface area contributed by atoms with Gasteiger partial charge in [0.2, 0.25) is 5.91 Å². The molecule has 3 N–H and O–H groups in total. The Morgan fingerprint density at radius 2 is 2.26 bits per heavy atom. The van der Waals surface area contributed by atoms with Gasteiger partial charge in [0, 0.05) is 41.3 Å². The first-order chi connectivity index (χ1) is 9.20. The number of aromatic nitrogens is 1. The number of carbonyl (C=O) groups excluding carboxylic acids is 1. The third-order valence-electron chi connectivity index (χ3n) is 3.06. The highest BCUT2D eigenvalue weighted by atomic mass is 16.1. The summed E-state index contributed by atoms with van der Waals surface area (Å²) in [5.41, 5.74) is 6.69. The standard InChI is InChI=1S/C15H19N3O/c1-2-4-12(16)9-15(19)18-14-6-3-5-11-10-17-8-7-13(11)14/h3,5-8,10,12H,2,4,9,16H2,1H3,(H,18,19). The van der Waals surface area contributed by atoms with Crippen LogP contribution in [0.15, 0.2) is 36.7 Å². The molecule has 4 nitrogen and oxygen atoms in total. The van der Waals surface area contributed by atoms with Crippen molar-refractivity contribution < 1.29 is 4.79 Å². The Balaban J connectivity index is 2.11. The third-order valence-corrected chi connectivity index (χ3v) is 3.06. The molecule has 19 heavy (non-hydrogen) atoms. The summed E-state index contributed by atoms with van der Waals surface area (Å²) in [7, 11) is 0. The molecule has 1 amide bonds. The first-order valence-electron chi connectivity index (χ1n) is 6.59. The van der Waals surface area contributed by atoms with Gasteiger partial charge in [-0.3, -0.25) is 9.78 Å². The van der Waals surface area contributed by atoms with E-state index in [1.54, 1.807) is 12.4 Å². The van der Waals surface area contributed by atoms with Crippen LogP contribution in [0, 0.1) is 0 Å². The maximum absolute atomic E-state index is 11.9. The van der Waals surface area contributed by atoms with Crippen LogP contribution < -0.4 is 11.1 Å². The van der Waals surface area contributed by atoms with Crippen LogP contribution in [0.2, 0.25) is 0 Å². The Labute approximate surface area is 113 Å². The van der Waals surface area contributed by atoms with Crippen molar-refractivity contribution in [1.82, 2.24) is 4.98 Å². The van der Waals surface area contributed by atoms with Crippen molar-refractivity contribution in [3.8, 4) is 0 Å². The Hall–Kier alpha value is -1.94. The minimum Gasteiger partial charge on any atom is -0.327 e. The Morgan fingerprint density at radius 1 is 1.42 bits per heavy atom. The molecular weight excluding hydrogens is 238 g/mol. The fourth-order valence-electron chi connectivity index (χ4n) is 2.14. The van der Waals surface area contributed by atoms with Crippen LogP contribution in [0.25, 0.3) is 10.8 Å². The number of nitrogens with zero attached hydrogens (tertiary/aromatic N) is 1. The summed E-state index contributed by atoms with van der Waals surface area (Å²) in [4.78, 5) is 16.0. The van der Waals surface area contributed by atoms with E-state index in [2.05, 4.69) is 17.2 Å². The number of rotatable bonds is 5. The quantitative estimate of drug-likeness (QED) is 0.865. The zero-order chi connectivity index (χ0) is 13.7. The number of nitrogens with one attached hydrogen (secondary N) is 1. The van der Waals surface area contributed by atoms with Crippen molar-refractivity contribution in [2.45, 2.75) is 32.2 Å². The summed E-state index contributed by atoms with van der Waals surface area (Å²) in [6, 6.07) is 7.61. The summed E-state index contributed by atoms with van der Waals surface area (Å²) < 4.78 is 0. The average molecular weight is 257 g/mol. The van der Waals surface area contributed by atoms with Gasteiger partial charge in [-0.05, 0) is 18.6 Å². The van der Waals surface area contributed by atoms with Gasteiger partial charge in [0.15, 0.2) is 0 Å². The number of amides is 1. The minimum absolute atomic E-state index is 0.0368. The summed E-state index contributed by atoms with van der Waals surface area (Å²) in [5.74, 6) is -0.0368. The van der Waals surface area contributed by atoms with E-state index in [4.69, 9.17) is 5.73 Å². The zero-order valence-electron chi connectivity index (χ0n) is 11.1. The lowest BCUT2D eigenvalue weighted by Crippen LogP contribution is -2.26. The van der Waals surface area contributed by atoms with Crippen LogP contribution in [0.4, 0.5) is 5.69 Å². The molecule has 1 heterocycles. The molecule has 1 atom stereocenters. The summed E-state index contributed by atoms with van der Waals surface area (Å²) in [6.45, 7) is 2.06. The molecule has 0 aliphatic rings. The molecule has 0 saturated carbocycles. The maximum Gasteiger partial charge on any atom is 0.225 e. The van der Waals surface area contributed by atoms with Gasteiger partial charge in [-0.1, -0.05) is 25.5 Å². The van der Waals surface area contributed by atoms with Gasteiger partial charge in [-0.25, -0.2) is 0 Å². The van der Waals surface area contributed by atoms with Crippen molar-refractivity contribution in [1.29, 1.82) is 0 Å². The van der Waals surface area contributed by atoms with Gasteiger partial charge in [-0.2, -0.15) is 0 Å². The van der Waals surface area contributed by atoms with Gasteiger partial charge < -0.3 is 11.1 Å². The van der Waals surface area contributed by atoms with Crippen LogP contribution in [0.1, 0.15) is 26.2 Å². The summed E-state index contributed by atoms with van der Waals surface area (Å²) in [6.07, 6.45) is 5.73. The number of carbonyl (C=O) groups is 1. The molecular formula is C15H19N3O. The van der Waals surface area contributed by atoms with Crippen molar-refractivity contribution in [3.63, 3.8) is 0 Å². The number of pyridine rings is 1. The van der Waals surface area contributed by atoms with Gasteiger partial charge in [0.1, 0.15) is 0 Å². The van der Waals surface area contributed by atoms with Gasteiger partial charge in [0.25, 0.3) is 0 Å². The predicted molar refractivity (Wildman–Crippen MR) is 77.9 cm³/mol. The lowest BCUT2D eigenvalue weighted by molar-refractivity contribution is -0.116. The summed E-state index contributed by atoms with van der Waals surface area (Å²) >= 11 is 0. The van der Waals surface area contributed by atoms with E-state index in [0.29, 0.717) is 6.42 Å². The molecule has 0 fully saturated rings. The van der Waals surface area contributed by atoms with Gasteiger partial charge in [0.05, 0.1) is 0 Å². The molecule has 1 unspecified atom stereocenters. The normalized spacial score (nSPS) is 12.3. The first-order valence-corrected chi connectivity index (χ1v) is 6.59. The molecule has 2 aromatic rings.